The Morgan fingerprint density at radius 2 is 2.20 bits per heavy atom. The maximum Gasteiger partial charge on any atom is 0.270 e. The van der Waals surface area contributed by atoms with E-state index in [0.717, 1.165) is 17.9 Å². The number of nitriles is 1. The van der Waals surface area contributed by atoms with Crippen LogP contribution in [0.4, 0.5) is 0 Å². The van der Waals surface area contributed by atoms with Gasteiger partial charge in [-0.3, -0.25) is 4.79 Å². The van der Waals surface area contributed by atoms with Crippen molar-refractivity contribution in [2.24, 2.45) is 0 Å². The van der Waals surface area contributed by atoms with Crippen molar-refractivity contribution in [3.05, 3.63) is 46.2 Å². The number of aromatic amines is 1. The van der Waals surface area contributed by atoms with Gasteiger partial charge < -0.3 is 9.72 Å². The fourth-order valence-corrected chi connectivity index (χ4v) is 2.62. The van der Waals surface area contributed by atoms with Gasteiger partial charge in [-0.1, -0.05) is 42.1 Å². The molecule has 1 N–H and O–H groups in total. The lowest BCUT2D eigenvalue weighted by Gasteiger charge is -2.05. The van der Waals surface area contributed by atoms with Crippen LogP contribution in [0.3, 0.4) is 0 Å². The summed E-state index contributed by atoms with van der Waals surface area (Å²) in [6.07, 6.45) is 0.251. The van der Waals surface area contributed by atoms with E-state index in [1.54, 1.807) is 0 Å². The first-order chi connectivity index (χ1) is 9.78. The molecule has 1 atom stereocenters. The molecule has 0 saturated carbocycles. The van der Waals surface area contributed by atoms with Gasteiger partial charge in [0.05, 0.1) is 18.4 Å². The maximum absolute atomic E-state index is 12.0. The molecule has 0 bridgehead atoms. The molecule has 1 aliphatic rings. The highest BCUT2D eigenvalue weighted by molar-refractivity contribution is 7.99. The van der Waals surface area contributed by atoms with Crippen molar-refractivity contribution in [1.29, 1.82) is 5.26 Å². The van der Waals surface area contributed by atoms with Crippen LogP contribution in [0.15, 0.2) is 40.3 Å². The number of aromatic nitrogens is 2. The average Bonchev–Trinajstić information content (AvgIpc) is 3.29. The lowest BCUT2D eigenvalue weighted by Crippen LogP contribution is -2.15. The zero-order valence-electron chi connectivity index (χ0n) is 10.5. The molecule has 3 rings (SSSR count). The van der Waals surface area contributed by atoms with Crippen LogP contribution < -0.4 is 5.56 Å². The van der Waals surface area contributed by atoms with E-state index in [-0.39, 0.29) is 11.7 Å². The molecule has 20 heavy (non-hydrogen) atoms. The predicted octanol–water partition coefficient (Wildman–Crippen LogP) is 1.80. The van der Waals surface area contributed by atoms with Crippen LogP contribution in [0.1, 0.15) is 5.56 Å². The van der Waals surface area contributed by atoms with Crippen molar-refractivity contribution in [3.63, 3.8) is 0 Å². The average molecular weight is 285 g/mol. The number of nitrogens with zero attached hydrogens (tertiary/aromatic N) is 2. The Morgan fingerprint density at radius 1 is 1.45 bits per heavy atom. The standard InChI is InChI=1S/C14H11N3O2S/c15-6-11-12(9-4-2-1-3-5-9)16-14(17-13(11)18)20-8-10-7-19-10/h1-5,10H,7-8H2,(H,16,17,18). The van der Waals surface area contributed by atoms with Crippen molar-refractivity contribution < 1.29 is 4.74 Å². The predicted molar refractivity (Wildman–Crippen MR) is 75.5 cm³/mol. The second-order valence-electron chi connectivity index (χ2n) is 4.34. The van der Waals surface area contributed by atoms with Crippen molar-refractivity contribution in [1.82, 2.24) is 9.97 Å². The Kier molecular flexibility index (Phi) is 3.54. The molecule has 100 valence electrons. The van der Waals surface area contributed by atoms with Gasteiger partial charge in [-0.2, -0.15) is 5.26 Å². The topological polar surface area (TPSA) is 82.1 Å². The third-order valence-corrected chi connectivity index (χ3v) is 3.87. The summed E-state index contributed by atoms with van der Waals surface area (Å²) in [6, 6.07) is 11.2. The molecule has 1 unspecified atom stereocenters. The lowest BCUT2D eigenvalue weighted by molar-refractivity contribution is 0.426. The molecular formula is C14H11N3O2S. The van der Waals surface area contributed by atoms with Gasteiger partial charge in [-0.05, 0) is 0 Å². The number of hydrogen-bond acceptors (Lipinski definition) is 5. The molecule has 0 spiro atoms. The first kappa shape index (κ1) is 12.9. The van der Waals surface area contributed by atoms with Crippen molar-refractivity contribution in [2.75, 3.05) is 12.4 Å². The van der Waals surface area contributed by atoms with Gasteiger partial charge in [0, 0.05) is 11.3 Å². The van der Waals surface area contributed by atoms with E-state index in [2.05, 4.69) is 9.97 Å². The fourth-order valence-electron chi connectivity index (χ4n) is 1.77. The first-order valence-corrected chi connectivity index (χ1v) is 7.10. The van der Waals surface area contributed by atoms with Gasteiger partial charge in [0.25, 0.3) is 5.56 Å². The highest BCUT2D eigenvalue weighted by Crippen LogP contribution is 2.24. The molecule has 0 aliphatic carbocycles. The zero-order valence-corrected chi connectivity index (χ0v) is 11.3. The molecule has 5 nitrogen and oxygen atoms in total. The van der Waals surface area contributed by atoms with Crippen molar-refractivity contribution in [3.8, 4) is 17.3 Å². The number of benzene rings is 1. The number of H-pyrrole nitrogens is 1. The van der Waals surface area contributed by atoms with Gasteiger partial charge in [-0.15, -0.1) is 0 Å². The Morgan fingerprint density at radius 3 is 2.85 bits per heavy atom. The van der Waals surface area contributed by atoms with E-state index in [0.29, 0.717) is 10.9 Å². The molecule has 0 amide bonds. The highest BCUT2D eigenvalue weighted by atomic mass is 32.2. The molecule has 1 aromatic heterocycles. The summed E-state index contributed by atoms with van der Waals surface area (Å²) in [7, 11) is 0. The van der Waals surface area contributed by atoms with Crippen molar-refractivity contribution >= 4 is 11.8 Å². The Bertz CT molecular complexity index is 717. The molecule has 1 aromatic carbocycles. The quantitative estimate of drug-likeness (QED) is 0.526. The number of thioether (sulfide) groups is 1. The molecule has 0 radical (unpaired) electrons. The van der Waals surface area contributed by atoms with E-state index < -0.39 is 5.56 Å². The maximum atomic E-state index is 12.0. The van der Waals surface area contributed by atoms with Crippen LogP contribution in [-0.4, -0.2) is 28.4 Å². The second kappa shape index (κ2) is 5.49. The number of rotatable bonds is 4. The van der Waals surface area contributed by atoms with Crippen LogP contribution in [0, 0.1) is 11.3 Å². The largest absolute Gasteiger partial charge is 0.372 e. The molecule has 1 fully saturated rings. The molecule has 1 saturated heterocycles. The number of nitrogens with one attached hydrogen (secondary N) is 1. The fraction of sp³-hybridized carbons (Fsp3) is 0.214. The Hall–Kier alpha value is -2.10. The van der Waals surface area contributed by atoms with Crippen LogP contribution in [0.5, 0.6) is 0 Å². The normalized spacial score (nSPS) is 16.6. The van der Waals surface area contributed by atoms with E-state index >= 15 is 0 Å². The lowest BCUT2D eigenvalue weighted by atomic mass is 10.1. The smallest absolute Gasteiger partial charge is 0.270 e. The van der Waals surface area contributed by atoms with E-state index in [1.807, 2.05) is 36.4 Å². The minimum atomic E-state index is -0.402. The number of hydrogen-bond donors (Lipinski definition) is 1. The minimum absolute atomic E-state index is 0.0446. The minimum Gasteiger partial charge on any atom is -0.372 e. The van der Waals surface area contributed by atoms with Crippen molar-refractivity contribution in [2.45, 2.75) is 11.3 Å². The second-order valence-corrected chi connectivity index (χ2v) is 5.35. The van der Waals surface area contributed by atoms with Gasteiger partial charge in [-0.25, -0.2) is 4.98 Å². The third kappa shape index (κ3) is 2.74. The Labute approximate surface area is 119 Å². The summed E-state index contributed by atoms with van der Waals surface area (Å²) in [5.41, 5.74) is 0.833. The summed E-state index contributed by atoms with van der Waals surface area (Å²) in [5, 5.41) is 9.66. The number of ether oxygens (including phenoxy) is 1. The molecule has 6 heteroatoms. The first-order valence-electron chi connectivity index (χ1n) is 6.12. The van der Waals surface area contributed by atoms with Crippen LogP contribution in [0.2, 0.25) is 0 Å². The van der Waals surface area contributed by atoms with Crippen LogP contribution >= 0.6 is 11.8 Å². The van der Waals surface area contributed by atoms with Gasteiger partial charge in [0.1, 0.15) is 11.6 Å². The molecule has 1 aliphatic heterocycles. The Balaban J connectivity index is 2.01. The summed E-state index contributed by atoms with van der Waals surface area (Å²) in [6.45, 7) is 0.763. The van der Waals surface area contributed by atoms with E-state index in [4.69, 9.17) is 10.00 Å². The molecular weight excluding hydrogens is 274 g/mol. The molecule has 2 heterocycles. The zero-order chi connectivity index (χ0) is 13.9. The summed E-state index contributed by atoms with van der Waals surface area (Å²) < 4.78 is 5.13. The van der Waals surface area contributed by atoms with Gasteiger partial charge >= 0.3 is 0 Å². The van der Waals surface area contributed by atoms with E-state index in [9.17, 15) is 4.79 Å². The van der Waals surface area contributed by atoms with Crippen LogP contribution in [0.25, 0.3) is 11.3 Å². The van der Waals surface area contributed by atoms with Gasteiger partial charge in [0.15, 0.2) is 5.16 Å². The van der Waals surface area contributed by atoms with Gasteiger partial charge in [0.2, 0.25) is 0 Å². The summed E-state index contributed by atoms with van der Waals surface area (Å²) in [4.78, 5) is 19.0. The monoisotopic (exact) mass is 285 g/mol. The SMILES string of the molecule is N#Cc1c(-c2ccccc2)nc(SCC2CO2)[nH]c1=O. The highest BCUT2D eigenvalue weighted by Gasteiger charge is 2.23. The third-order valence-electron chi connectivity index (χ3n) is 2.87. The number of epoxide rings is 1. The van der Waals surface area contributed by atoms with E-state index in [1.165, 1.54) is 11.8 Å². The van der Waals surface area contributed by atoms with Crippen LogP contribution in [-0.2, 0) is 4.74 Å². The summed E-state index contributed by atoms with van der Waals surface area (Å²) in [5.74, 6) is 0.753. The molecule has 2 aromatic rings. The summed E-state index contributed by atoms with van der Waals surface area (Å²) >= 11 is 1.43.